The maximum atomic E-state index is 12.9. The maximum absolute atomic E-state index is 12.9. The second kappa shape index (κ2) is 7.25. The molecule has 136 valence electrons. The molecule has 8 heteroatoms. The van der Waals surface area contributed by atoms with Gasteiger partial charge in [-0.1, -0.05) is 12.1 Å². The number of rotatable bonds is 5. The van der Waals surface area contributed by atoms with Crippen LogP contribution in [0, 0.1) is 0 Å². The van der Waals surface area contributed by atoms with Crippen molar-refractivity contribution < 1.29 is 4.79 Å². The molecule has 1 aromatic carbocycles. The number of imidazole rings is 1. The van der Waals surface area contributed by atoms with Gasteiger partial charge < -0.3 is 9.47 Å². The highest BCUT2D eigenvalue weighted by molar-refractivity contribution is 5.83. The van der Waals surface area contributed by atoms with E-state index in [1.54, 1.807) is 19.0 Å². The summed E-state index contributed by atoms with van der Waals surface area (Å²) in [6.07, 6.45) is 5.05. The van der Waals surface area contributed by atoms with E-state index in [1.165, 1.54) is 0 Å². The second-order valence-electron chi connectivity index (χ2n) is 6.64. The Kier molecular flexibility index (Phi) is 4.66. The van der Waals surface area contributed by atoms with Gasteiger partial charge in [-0.25, -0.2) is 9.97 Å². The zero-order valence-electron chi connectivity index (χ0n) is 14.9. The van der Waals surface area contributed by atoms with Crippen molar-refractivity contribution in [1.82, 2.24) is 34.1 Å². The first-order chi connectivity index (χ1) is 12.7. The van der Waals surface area contributed by atoms with Crippen LogP contribution in [0.15, 0.2) is 43.2 Å². The number of hydrogen-bond acceptors (Lipinski definition) is 5. The first-order valence-corrected chi connectivity index (χ1v) is 8.97. The van der Waals surface area contributed by atoms with Crippen molar-refractivity contribution in [2.24, 2.45) is 0 Å². The van der Waals surface area contributed by atoms with Crippen LogP contribution in [0.2, 0.25) is 0 Å². The van der Waals surface area contributed by atoms with Gasteiger partial charge in [-0.05, 0) is 19.1 Å². The van der Waals surface area contributed by atoms with E-state index >= 15 is 0 Å². The van der Waals surface area contributed by atoms with Crippen LogP contribution in [0.1, 0.15) is 13.0 Å². The summed E-state index contributed by atoms with van der Waals surface area (Å²) in [5, 5.41) is 4.13. The maximum Gasteiger partial charge on any atom is 0.245 e. The Morgan fingerprint density at radius 2 is 1.92 bits per heavy atom. The minimum atomic E-state index is -0.246. The monoisotopic (exact) mass is 353 g/mol. The number of benzene rings is 1. The highest BCUT2D eigenvalue weighted by Gasteiger charge is 2.26. The number of carbonyl (C=O) groups excluding carboxylic acids is 1. The van der Waals surface area contributed by atoms with Crippen LogP contribution in [0.25, 0.3) is 11.0 Å². The Morgan fingerprint density at radius 1 is 1.12 bits per heavy atom. The summed E-state index contributed by atoms with van der Waals surface area (Å²) >= 11 is 0. The van der Waals surface area contributed by atoms with Gasteiger partial charge in [0.15, 0.2) is 0 Å². The molecule has 0 saturated carbocycles. The van der Waals surface area contributed by atoms with Crippen molar-refractivity contribution in [3.8, 4) is 0 Å². The molecule has 1 saturated heterocycles. The third-order valence-electron chi connectivity index (χ3n) is 5.05. The van der Waals surface area contributed by atoms with Crippen molar-refractivity contribution in [2.45, 2.75) is 19.5 Å². The fourth-order valence-electron chi connectivity index (χ4n) is 3.45. The van der Waals surface area contributed by atoms with E-state index in [0.717, 1.165) is 50.3 Å². The van der Waals surface area contributed by atoms with Gasteiger partial charge >= 0.3 is 0 Å². The lowest BCUT2D eigenvalue weighted by Crippen LogP contribution is -2.50. The summed E-state index contributed by atoms with van der Waals surface area (Å²) < 4.78 is 3.80. The van der Waals surface area contributed by atoms with Gasteiger partial charge in [0.05, 0.1) is 23.9 Å². The molecule has 3 heterocycles. The molecule has 4 rings (SSSR count). The van der Waals surface area contributed by atoms with Crippen molar-refractivity contribution in [3.05, 3.63) is 43.2 Å². The lowest BCUT2D eigenvalue weighted by molar-refractivity contribution is -0.136. The summed E-state index contributed by atoms with van der Waals surface area (Å²) in [6.45, 7) is 6.99. The van der Waals surface area contributed by atoms with Crippen molar-refractivity contribution in [1.29, 1.82) is 0 Å². The molecule has 1 atom stereocenters. The summed E-state index contributed by atoms with van der Waals surface area (Å²) in [5.41, 5.74) is 1.92. The van der Waals surface area contributed by atoms with Crippen molar-refractivity contribution >= 4 is 16.9 Å². The van der Waals surface area contributed by atoms with Gasteiger partial charge in [0.1, 0.15) is 18.7 Å². The molecule has 0 aliphatic carbocycles. The number of carbonyl (C=O) groups is 1. The summed E-state index contributed by atoms with van der Waals surface area (Å²) in [4.78, 5) is 25.6. The van der Waals surface area contributed by atoms with Crippen LogP contribution in [0.3, 0.4) is 0 Å². The van der Waals surface area contributed by atoms with E-state index in [1.807, 2.05) is 45.3 Å². The predicted octanol–water partition coefficient (Wildman–Crippen LogP) is 1.03. The highest BCUT2D eigenvalue weighted by Crippen LogP contribution is 2.19. The zero-order valence-corrected chi connectivity index (χ0v) is 14.9. The van der Waals surface area contributed by atoms with Crippen LogP contribution in [0.5, 0.6) is 0 Å². The lowest BCUT2D eigenvalue weighted by atomic mass is 10.2. The Bertz CT molecular complexity index is 865. The SMILES string of the molecule is CC(C(=O)N1CCN(CCn2cncn2)CC1)n1cnc2ccccc21. The quantitative estimate of drug-likeness (QED) is 0.685. The van der Waals surface area contributed by atoms with Crippen LogP contribution in [-0.4, -0.2) is 72.7 Å². The van der Waals surface area contributed by atoms with E-state index in [2.05, 4.69) is 20.0 Å². The first-order valence-electron chi connectivity index (χ1n) is 8.97. The molecule has 2 aromatic heterocycles. The van der Waals surface area contributed by atoms with Crippen molar-refractivity contribution in [2.75, 3.05) is 32.7 Å². The van der Waals surface area contributed by atoms with Gasteiger partial charge in [-0.3, -0.25) is 14.4 Å². The Morgan fingerprint density at radius 3 is 2.69 bits per heavy atom. The van der Waals surface area contributed by atoms with E-state index in [4.69, 9.17) is 0 Å². The molecular weight excluding hydrogens is 330 g/mol. The number of para-hydroxylation sites is 2. The molecule has 1 aliphatic rings. The number of fused-ring (bicyclic) bond motifs is 1. The van der Waals surface area contributed by atoms with E-state index in [-0.39, 0.29) is 11.9 Å². The highest BCUT2D eigenvalue weighted by atomic mass is 16.2. The number of nitrogens with zero attached hydrogens (tertiary/aromatic N) is 7. The van der Waals surface area contributed by atoms with Gasteiger partial charge in [0.25, 0.3) is 0 Å². The van der Waals surface area contributed by atoms with Crippen LogP contribution in [0.4, 0.5) is 0 Å². The molecule has 0 radical (unpaired) electrons. The minimum absolute atomic E-state index is 0.157. The standard InChI is InChI=1S/C18H23N7O/c1-15(25-14-20-16-4-2-3-5-17(16)25)18(26)23-9-6-22(7-10-23)8-11-24-13-19-12-21-24/h2-5,12-15H,6-11H2,1H3. The number of hydrogen-bond donors (Lipinski definition) is 0. The average Bonchev–Trinajstić information content (AvgIpc) is 3.35. The number of amides is 1. The first kappa shape index (κ1) is 16.7. The minimum Gasteiger partial charge on any atom is -0.338 e. The molecule has 0 N–H and O–H groups in total. The van der Waals surface area contributed by atoms with Gasteiger partial charge in [0.2, 0.25) is 5.91 Å². The zero-order chi connectivity index (χ0) is 17.9. The molecule has 0 spiro atoms. The largest absolute Gasteiger partial charge is 0.338 e. The molecule has 8 nitrogen and oxygen atoms in total. The molecule has 1 amide bonds. The molecule has 1 aliphatic heterocycles. The van der Waals surface area contributed by atoms with Crippen molar-refractivity contribution in [3.63, 3.8) is 0 Å². The summed E-state index contributed by atoms with van der Waals surface area (Å²) in [5.74, 6) is 0.157. The van der Waals surface area contributed by atoms with E-state index in [9.17, 15) is 4.79 Å². The van der Waals surface area contributed by atoms with Crippen LogP contribution in [-0.2, 0) is 11.3 Å². The normalized spacial score (nSPS) is 16.9. The predicted molar refractivity (Wildman–Crippen MR) is 97.5 cm³/mol. The molecule has 0 bridgehead atoms. The molecule has 1 unspecified atom stereocenters. The summed E-state index contributed by atoms with van der Waals surface area (Å²) in [7, 11) is 0. The fraction of sp³-hybridized carbons (Fsp3) is 0.444. The molecule has 3 aromatic rings. The second-order valence-corrected chi connectivity index (χ2v) is 6.64. The Hall–Kier alpha value is -2.74. The van der Waals surface area contributed by atoms with Gasteiger partial charge in [-0.2, -0.15) is 5.10 Å². The number of aromatic nitrogens is 5. The van der Waals surface area contributed by atoms with Crippen LogP contribution < -0.4 is 0 Å². The summed E-state index contributed by atoms with van der Waals surface area (Å²) in [6, 6.07) is 7.67. The average molecular weight is 353 g/mol. The Labute approximate surface area is 152 Å². The van der Waals surface area contributed by atoms with Gasteiger partial charge in [0, 0.05) is 32.7 Å². The lowest BCUT2D eigenvalue weighted by Gasteiger charge is -2.36. The molecule has 26 heavy (non-hydrogen) atoms. The number of piperazine rings is 1. The third-order valence-corrected chi connectivity index (χ3v) is 5.05. The van der Waals surface area contributed by atoms with Crippen LogP contribution >= 0.6 is 0 Å². The molecular formula is C18H23N7O. The fourth-order valence-corrected chi connectivity index (χ4v) is 3.45. The van der Waals surface area contributed by atoms with E-state index in [0.29, 0.717) is 0 Å². The Balaban J connectivity index is 1.34. The third kappa shape index (κ3) is 3.32. The molecule has 1 fully saturated rings. The topological polar surface area (TPSA) is 72.1 Å². The van der Waals surface area contributed by atoms with E-state index < -0.39 is 0 Å². The van der Waals surface area contributed by atoms with Gasteiger partial charge in [-0.15, -0.1) is 0 Å². The smallest absolute Gasteiger partial charge is 0.245 e.